The van der Waals surface area contributed by atoms with Crippen LogP contribution in [-0.2, 0) is 39.9 Å². The number of aromatic nitrogens is 1. The molecule has 51 heavy (non-hydrogen) atoms. The molecule has 1 saturated heterocycles. The van der Waals surface area contributed by atoms with Crippen LogP contribution in [0.15, 0.2) is 29.8 Å². The van der Waals surface area contributed by atoms with E-state index in [0.717, 1.165) is 21.7 Å². The summed E-state index contributed by atoms with van der Waals surface area (Å²) in [6.45, 7) is 14.9. The summed E-state index contributed by atoms with van der Waals surface area (Å²) in [6, 6.07) is 6.04. The van der Waals surface area contributed by atoms with Crippen molar-refractivity contribution in [2.75, 3.05) is 52.7 Å². The van der Waals surface area contributed by atoms with Gasteiger partial charge in [0.2, 0.25) is 17.7 Å². The Morgan fingerprint density at radius 2 is 1.63 bits per heavy atom. The van der Waals surface area contributed by atoms with Crippen molar-refractivity contribution in [3.8, 4) is 10.4 Å². The molecule has 15 heteroatoms. The summed E-state index contributed by atoms with van der Waals surface area (Å²) in [5.41, 5.74) is 3.49. The summed E-state index contributed by atoms with van der Waals surface area (Å²) in [6.07, 6.45) is -0.697. The molecule has 4 N–H and O–H groups in total. The molecule has 0 unspecified atom stereocenters. The van der Waals surface area contributed by atoms with Crippen LogP contribution in [-0.4, -0.2) is 115 Å². The molecule has 0 spiro atoms. The van der Waals surface area contributed by atoms with Gasteiger partial charge >= 0.3 is 6.09 Å². The maximum Gasteiger partial charge on any atom is 0.407 e. The molecule has 1 aliphatic heterocycles. The molecule has 4 amide bonds. The first kappa shape index (κ1) is 41.8. The van der Waals surface area contributed by atoms with Crippen LogP contribution in [0.1, 0.15) is 65.6 Å². The van der Waals surface area contributed by atoms with Crippen molar-refractivity contribution < 1.29 is 43.2 Å². The molecule has 0 radical (unpaired) electrons. The molecule has 284 valence electrons. The second-order valence-corrected chi connectivity index (χ2v) is 15.4. The van der Waals surface area contributed by atoms with Gasteiger partial charge in [0, 0.05) is 39.3 Å². The molecular weight excluding hydrogens is 678 g/mol. The monoisotopic (exact) mass is 733 g/mol. The number of hydrogen-bond donors (Lipinski definition) is 4. The number of alkyl carbamates (subject to hydrolysis) is 1. The number of benzene rings is 1. The molecule has 1 aromatic carbocycles. The third-order valence-corrected chi connectivity index (χ3v) is 8.79. The van der Waals surface area contributed by atoms with E-state index in [4.69, 9.17) is 18.9 Å². The molecule has 3 atom stereocenters. The number of thiazole rings is 1. The lowest BCUT2D eigenvalue weighted by atomic mass is 9.85. The van der Waals surface area contributed by atoms with Gasteiger partial charge in [0.15, 0.2) is 0 Å². The summed E-state index contributed by atoms with van der Waals surface area (Å²) in [5, 5.41) is 18.8. The number of amides is 4. The van der Waals surface area contributed by atoms with Crippen molar-refractivity contribution in [1.29, 1.82) is 0 Å². The van der Waals surface area contributed by atoms with Gasteiger partial charge in [0.05, 0.1) is 42.0 Å². The Hall–Kier alpha value is -3.63. The Morgan fingerprint density at radius 1 is 0.961 bits per heavy atom. The van der Waals surface area contributed by atoms with Gasteiger partial charge in [-0.1, -0.05) is 45.0 Å². The zero-order valence-corrected chi connectivity index (χ0v) is 31.7. The standard InChI is InChI=1S/C36H55N5O9S/c1-24-30(51-23-39-24)26-11-9-25(10-12-26)20-38-32(44)28-19-27(42)21-41(28)33(45)31(35(2,3)4)40-29(43)22-49-15-8-14-47-17-18-48-16-13-37-34(46)50-36(5,6)7/h9-12,23,27-28,31,42H,8,13-22H2,1-7H3,(H,37,46)(H,38,44)(H,40,43)/t27-,28+,31-/m1/s1. The molecule has 3 rings (SSSR count). The molecule has 0 saturated carbocycles. The number of ether oxygens (including phenoxy) is 4. The van der Waals surface area contributed by atoms with E-state index < -0.39 is 47.1 Å². The number of nitrogens with one attached hydrogen (secondary N) is 3. The van der Waals surface area contributed by atoms with Gasteiger partial charge in [-0.3, -0.25) is 14.4 Å². The van der Waals surface area contributed by atoms with Crippen molar-refractivity contribution in [2.45, 2.75) is 91.6 Å². The number of nitrogens with zero attached hydrogens (tertiary/aromatic N) is 2. The quantitative estimate of drug-likeness (QED) is 0.167. The largest absolute Gasteiger partial charge is 0.444 e. The minimum atomic E-state index is -0.945. The third kappa shape index (κ3) is 14.5. The number of hydrogen-bond acceptors (Lipinski definition) is 11. The molecule has 0 aliphatic carbocycles. The van der Waals surface area contributed by atoms with Crippen LogP contribution < -0.4 is 16.0 Å². The van der Waals surface area contributed by atoms with Gasteiger partial charge in [0.25, 0.3) is 0 Å². The van der Waals surface area contributed by atoms with E-state index in [1.807, 2.05) is 57.5 Å². The van der Waals surface area contributed by atoms with E-state index in [1.54, 1.807) is 32.1 Å². The lowest BCUT2D eigenvalue weighted by molar-refractivity contribution is -0.144. The Labute approximate surface area is 305 Å². The summed E-state index contributed by atoms with van der Waals surface area (Å²) < 4.78 is 21.6. The molecule has 14 nitrogen and oxygen atoms in total. The van der Waals surface area contributed by atoms with E-state index in [0.29, 0.717) is 39.4 Å². The van der Waals surface area contributed by atoms with Crippen molar-refractivity contribution in [1.82, 2.24) is 25.8 Å². The van der Waals surface area contributed by atoms with Gasteiger partial charge < -0.3 is 44.9 Å². The molecule has 1 aliphatic rings. The average molecular weight is 734 g/mol. The van der Waals surface area contributed by atoms with E-state index in [2.05, 4.69) is 20.9 Å². The topological polar surface area (TPSA) is 178 Å². The lowest BCUT2D eigenvalue weighted by Gasteiger charge is -2.35. The van der Waals surface area contributed by atoms with Gasteiger partial charge in [0.1, 0.15) is 24.3 Å². The summed E-state index contributed by atoms with van der Waals surface area (Å²) >= 11 is 1.57. The zero-order valence-electron chi connectivity index (χ0n) is 30.9. The van der Waals surface area contributed by atoms with Gasteiger partial charge in [-0.25, -0.2) is 9.78 Å². The number of aliphatic hydroxyl groups excluding tert-OH is 1. The highest BCUT2D eigenvalue weighted by Gasteiger charge is 2.44. The third-order valence-electron chi connectivity index (χ3n) is 7.81. The maximum atomic E-state index is 13.8. The van der Waals surface area contributed by atoms with E-state index in [1.165, 1.54) is 4.90 Å². The van der Waals surface area contributed by atoms with E-state index >= 15 is 0 Å². The Morgan fingerprint density at radius 3 is 2.25 bits per heavy atom. The summed E-state index contributed by atoms with van der Waals surface area (Å²) in [4.78, 5) is 58.3. The van der Waals surface area contributed by atoms with Crippen LogP contribution >= 0.6 is 11.3 Å². The number of carbonyl (C=O) groups excluding carboxylic acids is 4. The summed E-state index contributed by atoms with van der Waals surface area (Å²) in [7, 11) is 0. The first-order valence-corrected chi connectivity index (χ1v) is 18.2. The van der Waals surface area contributed by atoms with Gasteiger partial charge in [-0.2, -0.15) is 0 Å². The second kappa shape index (κ2) is 19.8. The van der Waals surface area contributed by atoms with E-state index in [9.17, 15) is 24.3 Å². The molecule has 1 fully saturated rings. The SMILES string of the molecule is Cc1ncsc1-c1ccc(CNC(=O)[C@@H]2C[C@@H](O)CN2C(=O)[C@@H](NC(=O)COCCCOCCOCCNC(=O)OC(C)(C)C)C(C)(C)C)cc1. The average Bonchev–Trinajstić information content (AvgIpc) is 3.66. The van der Waals surface area contributed by atoms with E-state index in [-0.39, 0.29) is 38.6 Å². The maximum absolute atomic E-state index is 13.8. The van der Waals surface area contributed by atoms with Crippen LogP contribution in [0.25, 0.3) is 10.4 Å². The smallest absolute Gasteiger partial charge is 0.407 e. The fourth-order valence-electron chi connectivity index (χ4n) is 5.27. The normalized spacial score (nSPS) is 16.8. The minimum absolute atomic E-state index is 0.00716. The molecule has 2 aromatic rings. The van der Waals surface area contributed by atoms with Crippen molar-refractivity contribution >= 4 is 35.2 Å². The van der Waals surface area contributed by atoms with Crippen LogP contribution in [0.3, 0.4) is 0 Å². The van der Waals surface area contributed by atoms with Crippen molar-refractivity contribution in [3.63, 3.8) is 0 Å². The van der Waals surface area contributed by atoms with Gasteiger partial charge in [-0.15, -0.1) is 11.3 Å². The fraction of sp³-hybridized carbons (Fsp3) is 0.639. The Kier molecular flexibility index (Phi) is 16.3. The van der Waals surface area contributed by atoms with Crippen LogP contribution in [0.5, 0.6) is 0 Å². The van der Waals surface area contributed by atoms with Crippen LogP contribution in [0, 0.1) is 12.3 Å². The minimum Gasteiger partial charge on any atom is -0.444 e. The van der Waals surface area contributed by atoms with Crippen LogP contribution in [0.2, 0.25) is 0 Å². The number of β-amino-alcohol motifs (C(OH)–C–C–N with tert-alkyl or cyclic N) is 1. The van der Waals surface area contributed by atoms with Crippen molar-refractivity contribution in [3.05, 3.63) is 41.0 Å². The Balaban J connectivity index is 1.37. The molecule has 1 aromatic heterocycles. The molecule has 0 bridgehead atoms. The first-order valence-electron chi connectivity index (χ1n) is 17.3. The van der Waals surface area contributed by atoms with Crippen molar-refractivity contribution in [2.24, 2.45) is 5.41 Å². The number of carbonyl (C=O) groups is 4. The number of likely N-dealkylation sites (tertiary alicyclic amines) is 1. The van der Waals surface area contributed by atoms with Crippen LogP contribution in [0.4, 0.5) is 4.79 Å². The highest BCUT2D eigenvalue weighted by Crippen LogP contribution is 2.28. The molecule has 2 heterocycles. The lowest BCUT2D eigenvalue weighted by Crippen LogP contribution is -2.58. The Bertz CT molecular complexity index is 1420. The number of aryl methyl sites for hydroxylation is 1. The highest BCUT2D eigenvalue weighted by molar-refractivity contribution is 7.13. The predicted molar refractivity (Wildman–Crippen MR) is 193 cm³/mol. The summed E-state index contributed by atoms with van der Waals surface area (Å²) in [5.74, 6) is -1.27. The zero-order chi connectivity index (χ0) is 37.6. The number of aliphatic hydroxyl groups is 1. The predicted octanol–water partition coefficient (Wildman–Crippen LogP) is 3.19. The molecular formula is C36H55N5O9S. The van der Waals surface area contributed by atoms with Gasteiger partial charge in [-0.05, 0) is 50.7 Å². The first-order chi connectivity index (χ1) is 24.0. The number of rotatable bonds is 18. The highest BCUT2D eigenvalue weighted by atomic mass is 32.1. The fourth-order valence-corrected chi connectivity index (χ4v) is 6.08. The second-order valence-electron chi connectivity index (χ2n) is 14.5.